The van der Waals surface area contributed by atoms with Crippen molar-refractivity contribution in [2.75, 3.05) is 6.54 Å². The van der Waals surface area contributed by atoms with E-state index in [1.165, 1.54) is 28.7 Å². The van der Waals surface area contributed by atoms with Crippen LogP contribution in [0.2, 0.25) is 5.02 Å². The normalized spacial score (nSPS) is 10.8. The first-order valence-corrected chi connectivity index (χ1v) is 8.20. The van der Waals surface area contributed by atoms with Crippen molar-refractivity contribution in [3.8, 4) is 11.1 Å². The van der Waals surface area contributed by atoms with Gasteiger partial charge in [0.25, 0.3) is 0 Å². The van der Waals surface area contributed by atoms with E-state index in [9.17, 15) is 0 Å². The van der Waals surface area contributed by atoms with Crippen LogP contribution < -0.4 is 5.32 Å². The molecule has 2 heteroatoms. The Morgan fingerprint density at radius 2 is 1.76 bits per heavy atom. The van der Waals surface area contributed by atoms with Gasteiger partial charge < -0.3 is 5.32 Å². The fourth-order valence-electron chi connectivity index (χ4n) is 2.48. The lowest BCUT2D eigenvalue weighted by Gasteiger charge is -2.10. The van der Waals surface area contributed by atoms with E-state index >= 15 is 0 Å². The molecule has 0 fully saturated rings. The maximum absolute atomic E-state index is 6.30. The third kappa shape index (κ3) is 4.59. The molecule has 0 aromatic heterocycles. The van der Waals surface area contributed by atoms with Crippen molar-refractivity contribution in [3.63, 3.8) is 0 Å². The summed E-state index contributed by atoms with van der Waals surface area (Å²) < 4.78 is 0. The summed E-state index contributed by atoms with van der Waals surface area (Å²) in [5, 5.41) is 4.26. The highest BCUT2D eigenvalue weighted by Gasteiger charge is 2.04. The zero-order chi connectivity index (χ0) is 15.1. The first kappa shape index (κ1) is 16.1. The first-order valence-electron chi connectivity index (χ1n) is 7.83. The van der Waals surface area contributed by atoms with Crippen LogP contribution in [0.15, 0.2) is 42.5 Å². The van der Waals surface area contributed by atoms with Crippen molar-refractivity contribution in [1.29, 1.82) is 0 Å². The maximum Gasteiger partial charge on any atom is 0.0451 e. The minimum atomic E-state index is 0.829. The topological polar surface area (TPSA) is 12.0 Å². The molecule has 21 heavy (non-hydrogen) atoms. The third-order valence-corrected chi connectivity index (χ3v) is 3.96. The van der Waals surface area contributed by atoms with E-state index < -0.39 is 0 Å². The summed E-state index contributed by atoms with van der Waals surface area (Å²) >= 11 is 6.30. The highest BCUT2D eigenvalue weighted by atomic mass is 35.5. The molecule has 0 aliphatic carbocycles. The van der Waals surface area contributed by atoms with Crippen LogP contribution in [-0.4, -0.2) is 6.54 Å². The summed E-state index contributed by atoms with van der Waals surface area (Å²) in [5.41, 5.74) is 5.08. The van der Waals surface area contributed by atoms with Crippen molar-refractivity contribution in [2.45, 2.75) is 39.7 Å². The van der Waals surface area contributed by atoms with E-state index in [1.807, 2.05) is 6.07 Å². The Labute approximate surface area is 133 Å². The lowest BCUT2D eigenvalue weighted by atomic mass is 9.99. The fourth-order valence-corrected chi connectivity index (χ4v) is 2.67. The van der Waals surface area contributed by atoms with E-state index in [1.54, 1.807) is 0 Å². The summed E-state index contributed by atoms with van der Waals surface area (Å²) in [7, 11) is 0. The van der Waals surface area contributed by atoms with E-state index in [2.05, 4.69) is 55.6 Å². The number of halogens is 1. The van der Waals surface area contributed by atoms with Crippen LogP contribution in [0.1, 0.15) is 37.8 Å². The molecule has 0 atom stereocenters. The lowest BCUT2D eigenvalue weighted by Crippen LogP contribution is -2.14. The Morgan fingerprint density at radius 1 is 0.952 bits per heavy atom. The average Bonchev–Trinajstić information content (AvgIpc) is 2.50. The molecule has 1 nitrogen and oxygen atoms in total. The third-order valence-electron chi connectivity index (χ3n) is 3.59. The molecule has 0 radical (unpaired) electrons. The monoisotopic (exact) mass is 301 g/mol. The van der Waals surface area contributed by atoms with E-state index in [-0.39, 0.29) is 0 Å². The number of nitrogens with one attached hydrogen (secondary N) is 1. The fraction of sp³-hybridized carbons (Fsp3) is 0.368. The number of benzene rings is 2. The van der Waals surface area contributed by atoms with Crippen molar-refractivity contribution < 1.29 is 0 Å². The Bertz CT molecular complexity index is 578. The van der Waals surface area contributed by atoms with Crippen molar-refractivity contribution >= 4 is 11.6 Å². The van der Waals surface area contributed by atoms with Gasteiger partial charge in [-0.3, -0.25) is 0 Å². The molecule has 2 rings (SSSR count). The van der Waals surface area contributed by atoms with E-state index in [0.717, 1.165) is 31.0 Å². The molecule has 0 heterocycles. The van der Waals surface area contributed by atoms with Gasteiger partial charge in [-0.1, -0.05) is 62.2 Å². The minimum Gasteiger partial charge on any atom is -0.313 e. The molecule has 2 aromatic rings. The largest absolute Gasteiger partial charge is 0.313 e. The van der Waals surface area contributed by atoms with Crippen LogP contribution >= 0.6 is 11.6 Å². The first-order chi connectivity index (χ1) is 10.2. The molecule has 0 bridgehead atoms. The lowest BCUT2D eigenvalue weighted by molar-refractivity contribution is 0.676. The maximum atomic E-state index is 6.30. The van der Waals surface area contributed by atoms with E-state index in [4.69, 9.17) is 11.6 Å². The molecule has 2 aromatic carbocycles. The van der Waals surface area contributed by atoms with Crippen LogP contribution in [0, 0.1) is 0 Å². The minimum absolute atomic E-state index is 0.829. The SMILES string of the molecule is CCCNCc1cc(-c2cccc(CCC)c2)ccc1Cl. The number of hydrogen-bond acceptors (Lipinski definition) is 1. The van der Waals surface area contributed by atoms with E-state index in [0.29, 0.717) is 0 Å². The molecule has 0 amide bonds. The predicted octanol–water partition coefficient (Wildman–Crippen LogP) is 5.46. The standard InChI is InChI=1S/C19H24ClN/c1-3-6-15-7-5-8-16(12-15)17-9-10-19(20)18(13-17)14-21-11-4-2/h5,7-10,12-13,21H,3-4,6,11,14H2,1-2H3. The van der Waals surface area contributed by atoms with Crippen LogP contribution in [-0.2, 0) is 13.0 Å². The molecule has 0 spiro atoms. The summed E-state index contributed by atoms with van der Waals surface area (Å²) in [4.78, 5) is 0. The Morgan fingerprint density at radius 3 is 2.52 bits per heavy atom. The van der Waals surface area contributed by atoms with Crippen LogP contribution in [0.5, 0.6) is 0 Å². The Hall–Kier alpha value is -1.31. The number of hydrogen-bond donors (Lipinski definition) is 1. The molecule has 1 N–H and O–H groups in total. The second-order valence-corrected chi connectivity index (χ2v) is 5.84. The van der Waals surface area contributed by atoms with Gasteiger partial charge in [0.15, 0.2) is 0 Å². The van der Waals surface area contributed by atoms with Crippen molar-refractivity contribution in [3.05, 3.63) is 58.6 Å². The van der Waals surface area contributed by atoms with Gasteiger partial charge in [-0.25, -0.2) is 0 Å². The average molecular weight is 302 g/mol. The molecular formula is C19H24ClN. The zero-order valence-electron chi connectivity index (χ0n) is 13.0. The highest BCUT2D eigenvalue weighted by Crippen LogP contribution is 2.26. The second-order valence-electron chi connectivity index (χ2n) is 5.43. The Kier molecular flexibility index (Phi) is 6.28. The molecule has 112 valence electrons. The van der Waals surface area contributed by atoms with Crippen molar-refractivity contribution in [1.82, 2.24) is 5.32 Å². The second kappa shape index (κ2) is 8.21. The molecule has 0 saturated heterocycles. The predicted molar refractivity (Wildman–Crippen MR) is 92.9 cm³/mol. The number of aryl methyl sites for hydroxylation is 1. The van der Waals surface area contributed by atoms with Gasteiger partial charge in [-0.15, -0.1) is 0 Å². The van der Waals surface area contributed by atoms with Crippen LogP contribution in [0.3, 0.4) is 0 Å². The smallest absolute Gasteiger partial charge is 0.0451 e. The van der Waals surface area contributed by atoms with Gasteiger partial charge in [0.1, 0.15) is 0 Å². The Balaban J connectivity index is 2.23. The van der Waals surface area contributed by atoms with Gasteiger partial charge in [0, 0.05) is 11.6 Å². The number of rotatable bonds is 7. The molecule has 0 saturated carbocycles. The van der Waals surface area contributed by atoms with Gasteiger partial charge in [0.2, 0.25) is 0 Å². The summed E-state index contributed by atoms with van der Waals surface area (Å²) in [6.07, 6.45) is 3.44. The summed E-state index contributed by atoms with van der Waals surface area (Å²) in [5.74, 6) is 0. The zero-order valence-corrected chi connectivity index (χ0v) is 13.7. The van der Waals surface area contributed by atoms with Gasteiger partial charge >= 0.3 is 0 Å². The van der Waals surface area contributed by atoms with Crippen molar-refractivity contribution in [2.24, 2.45) is 0 Å². The van der Waals surface area contributed by atoms with Crippen LogP contribution in [0.25, 0.3) is 11.1 Å². The van der Waals surface area contributed by atoms with Gasteiger partial charge in [0.05, 0.1) is 0 Å². The molecule has 0 aliphatic rings. The van der Waals surface area contributed by atoms with Gasteiger partial charge in [-0.05, 0) is 53.8 Å². The summed E-state index contributed by atoms with van der Waals surface area (Å²) in [6.45, 7) is 6.23. The summed E-state index contributed by atoms with van der Waals surface area (Å²) in [6, 6.07) is 15.1. The quantitative estimate of drug-likeness (QED) is 0.670. The van der Waals surface area contributed by atoms with Crippen LogP contribution in [0.4, 0.5) is 0 Å². The highest BCUT2D eigenvalue weighted by molar-refractivity contribution is 6.31. The molecule has 0 unspecified atom stereocenters. The molecular weight excluding hydrogens is 278 g/mol. The van der Waals surface area contributed by atoms with Gasteiger partial charge in [-0.2, -0.15) is 0 Å². The molecule has 0 aliphatic heterocycles.